The van der Waals surface area contributed by atoms with Crippen molar-refractivity contribution < 1.29 is 4.39 Å². The largest absolute Gasteiger partial charge is 0.343 e. The van der Waals surface area contributed by atoms with Gasteiger partial charge in [0.25, 0.3) is 0 Å². The number of allylic oxidation sites excluding steroid dienone is 3. The Labute approximate surface area is 162 Å². The molecule has 0 fully saturated rings. The monoisotopic (exact) mass is 419 g/mol. The van der Waals surface area contributed by atoms with Gasteiger partial charge in [-0.25, -0.2) is 4.39 Å². The van der Waals surface area contributed by atoms with Gasteiger partial charge < -0.3 is 4.90 Å². The van der Waals surface area contributed by atoms with Gasteiger partial charge in [0.1, 0.15) is 5.82 Å². The minimum absolute atomic E-state index is 0.355. The molecule has 1 aliphatic heterocycles. The van der Waals surface area contributed by atoms with Crippen molar-refractivity contribution in [2.45, 2.75) is 13.8 Å². The average molecular weight is 421 g/mol. The van der Waals surface area contributed by atoms with E-state index < -0.39 is 0 Å². The maximum Gasteiger partial charge on any atom is 0.134 e. The molecule has 0 saturated carbocycles. The molecule has 0 radical (unpaired) electrons. The molecule has 130 valence electrons. The van der Waals surface area contributed by atoms with Crippen molar-refractivity contribution >= 4 is 38.8 Å². The SMILES string of the molecule is C=C1C(Br)=CC(c2ccccc2)=C(c2c(F)cccc2Cl)N1C.CC. The van der Waals surface area contributed by atoms with Crippen LogP contribution in [0.3, 0.4) is 0 Å². The standard InChI is InChI=1S/C19H14BrClFN.C2H6/c1-12-15(20)11-14(13-7-4-3-5-8-13)19(23(12)2)18-16(21)9-6-10-17(18)22;1-2/h3-11H,1H2,2H3;1-2H3. The highest BCUT2D eigenvalue weighted by molar-refractivity contribution is 9.12. The molecule has 0 saturated heterocycles. The number of likely N-dealkylation sites (N-methyl/N-ethyl adjacent to an activating group) is 1. The molecule has 1 nitrogen and oxygen atoms in total. The van der Waals surface area contributed by atoms with Crippen LogP contribution in [0.1, 0.15) is 25.0 Å². The summed E-state index contributed by atoms with van der Waals surface area (Å²) in [7, 11) is 1.86. The maximum atomic E-state index is 14.5. The first-order valence-corrected chi connectivity index (χ1v) is 9.22. The Kier molecular flexibility index (Phi) is 6.63. The third-order valence-electron chi connectivity index (χ3n) is 3.83. The highest BCUT2D eigenvalue weighted by Crippen LogP contribution is 2.42. The molecule has 2 aromatic carbocycles. The molecule has 0 unspecified atom stereocenters. The normalized spacial score (nSPS) is 14.1. The van der Waals surface area contributed by atoms with E-state index in [1.165, 1.54) is 6.07 Å². The van der Waals surface area contributed by atoms with Gasteiger partial charge >= 0.3 is 0 Å². The molecule has 0 aliphatic carbocycles. The van der Waals surface area contributed by atoms with E-state index in [0.717, 1.165) is 21.3 Å². The fourth-order valence-corrected chi connectivity index (χ4v) is 3.37. The van der Waals surface area contributed by atoms with Crippen molar-refractivity contribution in [2.24, 2.45) is 0 Å². The highest BCUT2D eigenvalue weighted by Gasteiger charge is 2.26. The quantitative estimate of drug-likeness (QED) is 0.500. The van der Waals surface area contributed by atoms with E-state index in [0.29, 0.717) is 16.3 Å². The molecule has 0 atom stereocenters. The van der Waals surface area contributed by atoms with Crippen LogP contribution in [-0.2, 0) is 0 Å². The van der Waals surface area contributed by atoms with E-state index in [-0.39, 0.29) is 5.82 Å². The van der Waals surface area contributed by atoms with Crippen molar-refractivity contribution in [1.82, 2.24) is 4.90 Å². The van der Waals surface area contributed by atoms with E-state index >= 15 is 0 Å². The van der Waals surface area contributed by atoms with Crippen LogP contribution in [0.4, 0.5) is 4.39 Å². The Morgan fingerprint density at radius 3 is 2.28 bits per heavy atom. The van der Waals surface area contributed by atoms with Gasteiger partial charge in [0, 0.05) is 22.8 Å². The lowest BCUT2D eigenvalue weighted by Gasteiger charge is -2.32. The summed E-state index contributed by atoms with van der Waals surface area (Å²) in [6.45, 7) is 8.05. The third-order valence-corrected chi connectivity index (χ3v) is 4.83. The number of halogens is 3. The second-order valence-corrected chi connectivity index (χ2v) is 6.48. The number of hydrogen-bond acceptors (Lipinski definition) is 1. The summed E-state index contributed by atoms with van der Waals surface area (Å²) >= 11 is 9.83. The smallest absolute Gasteiger partial charge is 0.134 e. The number of benzene rings is 2. The molecular weight excluding hydrogens is 401 g/mol. The Bertz CT molecular complexity index is 820. The summed E-state index contributed by atoms with van der Waals surface area (Å²) in [6.07, 6.45) is 1.95. The van der Waals surface area contributed by atoms with Crippen LogP contribution < -0.4 is 0 Å². The average Bonchev–Trinajstić information content (AvgIpc) is 2.63. The van der Waals surface area contributed by atoms with Gasteiger partial charge in [-0.1, -0.05) is 68.4 Å². The second-order valence-electron chi connectivity index (χ2n) is 5.22. The zero-order valence-electron chi connectivity index (χ0n) is 14.5. The molecule has 0 aromatic heterocycles. The van der Waals surface area contributed by atoms with Gasteiger partial charge in [0.2, 0.25) is 0 Å². The lowest BCUT2D eigenvalue weighted by atomic mass is 9.95. The van der Waals surface area contributed by atoms with Gasteiger partial charge in [0.05, 0.1) is 16.3 Å². The number of hydrogen-bond donors (Lipinski definition) is 0. The topological polar surface area (TPSA) is 3.24 Å². The van der Waals surface area contributed by atoms with Crippen LogP contribution in [0.2, 0.25) is 5.02 Å². The first-order valence-electron chi connectivity index (χ1n) is 8.05. The fraction of sp³-hybridized carbons (Fsp3) is 0.143. The molecule has 0 N–H and O–H groups in total. The Hall–Kier alpha value is -1.84. The van der Waals surface area contributed by atoms with Gasteiger partial charge in [0.15, 0.2) is 0 Å². The minimum Gasteiger partial charge on any atom is -0.343 e. The van der Waals surface area contributed by atoms with Crippen LogP contribution >= 0.6 is 27.5 Å². The summed E-state index contributed by atoms with van der Waals surface area (Å²) in [4.78, 5) is 1.86. The Morgan fingerprint density at radius 2 is 1.68 bits per heavy atom. The Morgan fingerprint density at radius 1 is 1.04 bits per heavy atom. The lowest BCUT2D eigenvalue weighted by Crippen LogP contribution is -2.21. The van der Waals surface area contributed by atoms with Crippen LogP contribution in [0.25, 0.3) is 11.3 Å². The van der Waals surface area contributed by atoms with Gasteiger partial charge in [-0.2, -0.15) is 0 Å². The van der Waals surface area contributed by atoms with Crippen molar-refractivity contribution in [3.63, 3.8) is 0 Å². The van der Waals surface area contributed by atoms with Crippen molar-refractivity contribution in [3.8, 4) is 0 Å². The molecular formula is C21H20BrClFN. The van der Waals surface area contributed by atoms with Crippen LogP contribution in [0.5, 0.6) is 0 Å². The molecule has 0 amide bonds. The number of rotatable bonds is 2. The van der Waals surface area contributed by atoms with Crippen molar-refractivity contribution in [2.75, 3.05) is 7.05 Å². The van der Waals surface area contributed by atoms with Crippen molar-refractivity contribution in [3.05, 3.63) is 93.3 Å². The molecule has 3 rings (SSSR count). The first-order chi connectivity index (χ1) is 12.0. The second kappa shape index (κ2) is 8.50. The molecule has 1 aliphatic rings. The highest BCUT2D eigenvalue weighted by atomic mass is 79.9. The van der Waals surface area contributed by atoms with Gasteiger partial charge in [-0.05, 0) is 39.7 Å². The molecule has 0 spiro atoms. The lowest BCUT2D eigenvalue weighted by molar-refractivity contribution is 0.587. The molecule has 2 aromatic rings. The zero-order chi connectivity index (χ0) is 18.6. The third kappa shape index (κ3) is 3.88. The van der Waals surface area contributed by atoms with Gasteiger partial charge in [-0.3, -0.25) is 0 Å². The van der Waals surface area contributed by atoms with Crippen molar-refractivity contribution in [1.29, 1.82) is 0 Å². The zero-order valence-corrected chi connectivity index (χ0v) is 16.8. The molecule has 1 heterocycles. The number of nitrogens with zero attached hydrogens (tertiary/aromatic N) is 1. The summed E-state index contributed by atoms with van der Waals surface area (Å²) in [5.74, 6) is -0.355. The van der Waals surface area contributed by atoms with Crippen LogP contribution in [-0.4, -0.2) is 11.9 Å². The van der Waals surface area contributed by atoms with E-state index in [1.807, 2.05) is 62.2 Å². The fourth-order valence-electron chi connectivity index (χ4n) is 2.62. The van der Waals surface area contributed by atoms with E-state index in [1.54, 1.807) is 12.1 Å². The van der Waals surface area contributed by atoms with Crippen LogP contribution in [0, 0.1) is 5.82 Å². The van der Waals surface area contributed by atoms with E-state index in [4.69, 9.17) is 11.6 Å². The van der Waals surface area contributed by atoms with E-state index in [2.05, 4.69) is 22.5 Å². The summed E-state index contributed by atoms with van der Waals surface area (Å²) in [5, 5.41) is 0.375. The summed E-state index contributed by atoms with van der Waals surface area (Å²) < 4.78 is 15.4. The Balaban J connectivity index is 0.00000109. The van der Waals surface area contributed by atoms with E-state index in [9.17, 15) is 4.39 Å². The molecule has 0 bridgehead atoms. The minimum atomic E-state index is -0.355. The first kappa shape index (κ1) is 19.5. The predicted molar refractivity (Wildman–Crippen MR) is 110 cm³/mol. The predicted octanol–water partition coefficient (Wildman–Crippen LogP) is 7.11. The summed E-state index contributed by atoms with van der Waals surface area (Å²) in [5.41, 5.74) is 3.71. The van der Waals surface area contributed by atoms with Gasteiger partial charge in [-0.15, -0.1) is 0 Å². The maximum absolute atomic E-state index is 14.5. The van der Waals surface area contributed by atoms with Crippen LogP contribution in [0.15, 0.2) is 71.4 Å². The molecule has 4 heteroatoms. The summed E-state index contributed by atoms with van der Waals surface area (Å²) in [6, 6.07) is 14.5. The molecule has 25 heavy (non-hydrogen) atoms.